The summed E-state index contributed by atoms with van der Waals surface area (Å²) in [4.78, 5) is 20.2. The Morgan fingerprint density at radius 2 is 1.52 bits per heavy atom. The molecule has 4 N–H and O–H groups in total. The molecule has 0 bridgehead atoms. The monoisotopic (exact) mass is 427 g/mol. The number of hydrogen-bond donors (Lipinski definition) is 3. The number of carbonyl (C=O) groups excluding carboxylic acids is 1. The fourth-order valence-electron chi connectivity index (χ4n) is 5.95. The van der Waals surface area contributed by atoms with Crippen LogP contribution in [0.1, 0.15) is 89.0 Å². The third kappa shape index (κ3) is 5.16. The minimum atomic E-state index is -0.748. The van der Waals surface area contributed by atoms with Crippen molar-refractivity contribution in [3.05, 3.63) is 23.8 Å². The molecular formula is C25H37N3O3. The number of carbonyl (C=O) groups is 1. The van der Waals surface area contributed by atoms with Gasteiger partial charge in [0.25, 0.3) is 5.91 Å². The van der Waals surface area contributed by atoms with E-state index >= 15 is 0 Å². The van der Waals surface area contributed by atoms with Crippen molar-refractivity contribution in [2.45, 2.75) is 95.6 Å². The average molecular weight is 428 g/mol. The first-order chi connectivity index (χ1) is 14.9. The Balaban J connectivity index is 1.53. The largest absolute Gasteiger partial charge is 0.508 e. The quantitative estimate of drug-likeness (QED) is 0.581. The van der Waals surface area contributed by atoms with E-state index in [4.69, 9.17) is 10.7 Å². The van der Waals surface area contributed by atoms with Crippen LogP contribution in [0.25, 0.3) is 0 Å². The molecule has 1 aromatic carbocycles. The Bertz CT molecular complexity index is 792. The number of aromatic hydroxyl groups is 2. The van der Waals surface area contributed by atoms with Crippen molar-refractivity contribution >= 4 is 11.9 Å². The molecule has 1 heterocycles. The lowest BCUT2D eigenvalue weighted by Gasteiger charge is -2.33. The van der Waals surface area contributed by atoms with Crippen molar-refractivity contribution in [1.29, 1.82) is 0 Å². The molecule has 4 rings (SSSR count). The molecule has 0 radical (unpaired) electrons. The molecule has 2 fully saturated rings. The Hall–Kier alpha value is -2.24. The number of amides is 1. The average Bonchev–Trinajstić information content (AvgIpc) is 2.97. The van der Waals surface area contributed by atoms with Crippen LogP contribution < -0.4 is 5.73 Å². The summed E-state index contributed by atoms with van der Waals surface area (Å²) in [6.07, 6.45) is 15.2. The summed E-state index contributed by atoms with van der Waals surface area (Å²) in [7, 11) is 0. The zero-order chi connectivity index (χ0) is 21.8. The second-order valence-corrected chi connectivity index (χ2v) is 10.0. The van der Waals surface area contributed by atoms with Gasteiger partial charge in [-0.3, -0.25) is 9.69 Å². The van der Waals surface area contributed by atoms with Gasteiger partial charge in [-0.1, -0.05) is 64.2 Å². The van der Waals surface area contributed by atoms with E-state index in [1.54, 1.807) is 17.0 Å². The van der Waals surface area contributed by atoms with Crippen molar-refractivity contribution in [2.24, 2.45) is 22.6 Å². The molecule has 1 aliphatic heterocycles. The Kier molecular flexibility index (Phi) is 6.73. The summed E-state index contributed by atoms with van der Waals surface area (Å²) in [5.41, 5.74) is 6.21. The van der Waals surface area contributed by atoms with Gasteiger partial charge in [-0.15, -0.1) is 0 Å². The maximum Gasteiger partial charge on any atom is 0.257 e. The second-order valence-electron chi connectivity index (χ2n) is 10.0. The maximum absolute atomic E-state index is 13.8. The molecule has 6 heteroatoms. The number of hydrogen-bond acceptors (Lipinski definition) is 5. The van der Waals surface area contributed by atoms with E-state index in [9.17, 15) is 15.0 Å². The molecule has 1 aromatic rings. The number of phenols is 2. The van der Waals surface area contributed by atoms with Gasteiger partial charge in [0.15, 0.2) is 5.96 Å². The lowest BCUT2D eigenvalue weighted by atomic mass is 9.75. The van der Waals surface area contributed by atoms with Gasteiger partial charge in [-0.05, 0) is 48.8 Å². The van der Waals surface area contributed by atoms with Gasteiger partial charge >= 0.3 is 0 Å². The first-order valence-corrected chi connectivity index (χ1v) is 12.1. The van der Waals surface area contributed by atoms with Gasteiger partial charge in [0.2, 0.25) is 0 Å². The molecule has 0 spiro atoms. The van der Waals surface area contributed by atoms with Gasteiger partial charge in [0.05, 0.1) is 6.54 Å². The lowest BCUT2D eigenvalue weighted by molar-refractivity contribution is -0.132. The number of nitrogens with zero attached hydrogens (tertiary/aromatic N) is 2. The normalized spacial score (nSPS) is 25.7. The van der Waals surface area contributed by atoms with Crippen molar-refractivity contribution in [2.75, 3.05) is 0 Å². The number of aliphatic imine (C=N–C) groups is 1. The van der Waals surface area contributed by atoms with E-state index in [0.29, 0.717) is 17.4 Å². The van der Waals surface area contributed by atoms with Crippen LogP contribution >= 0.6 is 0 Å². The third-order valence-corrected chi connectivity index (χ3v) is 7.59. The fourth-order valence-corrected chi connectivity index (χ4v) is 5.95. The van der Waals surface area contributed by atoms with Gasteiger partial charge in [-0.2, -0.15) is 0 Å². The van der Waals surface area contributed by atoms with E-state index < -0.39 is 5.54 Å². The zero-order valence-corrected chi connectivity index (χ0v) is 18.6. The topological polar surface area (TPSA) is 99.2 Å². The maximum atomic E-state index is 13.8. The van der Waals surface area contributed by atoms with Crippen LogP contribution in [0.15, 0.2) is 23.2 Å². The van der Waals surface area contributed by atoms with Crippen molar-refractivity contribution in [1.82, 2.24) is 4.90 Å². The van der Waals surface area contributed by atoms with Crippen LogP contribution in [0.2, 0.25) is 0 Å². The van der Waals surface area contributed by atoms with Crippen LogP contribution in [-0.2, 0) is 11.3 Å². The summed E-state index contributed by atoms with van der Waals surface area (Å²) in [6, 6.07) is 4.40. The number of nitrogens with two attached hydrogens (primary N) is 1. The molecule has 0 aromatic heterocycles. The molecule has 31 heavy (non-hydrogen) atoms. The minimum Gasteiger partial charge on any atom is -0.508 e. The highest BCUT2D eigenvalue weighted by Gasteiger charge is 2.48. The summed E-state index contributed by atoms with van der Waals surface area (Å²) >= 11 is 0. The third-order valence-electron chi connectivity index (χ3n) is 7.59. The summed E-state index contributed by atoms with van der Waals surface area (Å²) < 4.78 is 0. The van der Waals surface area contributed by atoms with E-state index in [1.807, 2.05) is 0 Å². The van der Waals surface area contributed by atoms with Crippen molar-refractivity contribution < 1.29 is 15.0 Å². The highest BCUT2D eigenvalue weighted by atomic mass is 16.3. The highest BCUT2D eigenvalue weighted by Crippen LogP contribution is 2.41. The summed E-state index contributed by atoms with van der Waals surface area (Å²) in [6.45, 7) is 0.214. The van der Waals surface area contributed by atoms with Crippen molar-refractivity contribution in [3.8, 4) is 11.5 Å². The first-order valence-electron chi connectivity index (χ1n) is 12.1. The van der Waals surface area contributed by atoms with Gasteiger partial charge in [0.1, 0.15) is 17.0 Å². The number of rotatable bonds is 7. The van der Waals surface area contributed by atoms with E-state index in [-0.39, 0.29) is 29.9 Å². The van der Waals surface area contributed by atoms with Crippen molar-refractivity contribution in [3.63, 3.8) is 0 Å². The van der Waals surface area contributed by atoms with Crippen LogP contribution in [0.5, 0.6) is 11.5 Å². The van der Waals surface area contributed by atoms with E-state index in [0.717, 1.165) is 19.3 Å². The smallest absolute Gasteiger partial charge is 0.257 e. The molecule has 6 nitrogen and oxygen atoms in total. The van der Waals surface area contributed by atoms with E-state index in [2.05, 4.69) is 0 Å². The molecule has 1 atom stereocenters. The first kappa shape index (κ1) is 22.0. The van der Waals surface area contributed by atoms with E-state index in [1.165, 1.54) is 70.3 Å². The number of guanidine groups is 1. The minimum absolute atomic E-state index is 0.00536. The molecule has 0 saturated heterocycles. The second kappa shape index (κ2) is 9.49. The summed E-state index contributed by atoms with van der Waals surface area (Å²) in [5, 5.41) is 19.6. The van der Waals surface area contributed by atoms with Gasteiger partial charge in [-0.25, -0.2) is 4.99 Å². The lowest BCUT2D eigenvalue weighted by Crippen LogP contribution is -2.45. The van der Waals surface area contributed by atoms with Gasteiger partial charge in [0, 0.05) is 6.07 Å². The zero-order valence-electron chi connectivity index (χ0n) is 18.6. The fraction of sp³-hybridized carbons (Fsp3) is 0.680. The van der Waals surface area contributed by atoms with Gasteiger partial charge < -0.3 is 15.9 Å². The SMILES string of the molecule is NC1=N[C@](CCC2CCCCC2)(CC2CCCCC2)C(=O)N1Cc1cc(O)cc(O)c1. The molecule has 0 unspecified atom stereocenters. The Morgan fingerprint density at radius 3 is 2.13 bits per heavy atom. The standard InChI is InChI=1S/C25H37N3O3/c26-24-27-25(16-19-9-5-2-6-10-19,12-11-18-7-3-1-4-8-18)23(31)28(24)17-20-13-21(29)15-22(30)14-20/h13-15,18-19,29-30H,1-12,16-17H2,(H2,26,27)/t25-/m1/s1. The Labute approximate surface area is 185 Å². The summed E-state index contributed by atoms with van der Waals surface area (Å²) in [5.74, 6) is 1.44. The molecular weight excluding hydrogens is 390 g/mol. The predicted molar refractivity (Wildman–Crippen MR) is 122 cm³/mol. The predicted octanol–water partition coefficient (Wildman–Crippen LogP) is 4.82. The highest BCUT2D eigenvalue weighted by molar-refractivity contribution is 6.06. The number of benzene rings is 1. The van der Waals surface area contributed by atoms with Crippen LogP contribution in [0.3, 0.4) is 0 Å². The Morgan fingerprint density at radius 1 is 0.935 bits per heavy atom. The molecule has 1 amide bonds. The van der Waals surface area contributed by atoms with Crippen LogP contribution in [-0.4, -0.2) is 32.5 Å². The van der Waals surface area contributed by atoms with Crippen LogP contribution in [0, 0.1) is 11.8 Å². The van der Waals surface area contributed by atoms with Crippen LogP contribution in [0.4, 0.5) is 0 Å². The molecule has 2 aliphatic carbocycles. The molecule has 170 valence electrons. The molecule has 3 aliphatic rings. The molecule has 2 saturated carbocycles. The number of phenolic OH excluding ortho intramolecular Hbond substituents is 2.